The van der Waals surface area contributed by atoms with E-state index < -0.39 is 0 Å². The lowest BCUT2D eigenvalue weighted by atomic mass is 9.80. The van der Waals surface area contributed by atoms with E-state index in [4.69, 9.17) is 0 Å². The van der Waals surface area contributed by atoms with Gasteiger partial charge in [-0.05, 0) is 5.41 Å². The van der Waals surface area contributed by atoms with Crippen LogP contribution in [0.4, 0.5) is 0 Å². The Morgan fingerprint density at radius 3 is 2.33 bits per heavy atom. The Bertz CT molecular complexity index is 255. The van der Waals surface area contributed by atoms with Crippen LogP contribution in [0.25, 0.3) is 0 Å². The molecular formula is C10H18N2. The lowest BCUT2D eigenvalue weighted by Gasteiger charge is -2.25. The first-order valence-electron chi connectivity index (χ1n) is 4.39. The smallest absolute Gasteiger partial charge is 0.0946 e. The van der Waals surface area contributed by atoms with Crippen LogP contribution in [0, 0.1) is 5.41 Å². The third-order valence-corrected chi connectivity index (χ3v) is 2.47. The zero-order valence-electron chi connectivity index (χ0n) is 8.63. The van der Waals surface area contributed by atoms with E-state index >= 15 is 0 Å². The first kappa shape index (κ1) is 9.30. The maximum Gasteiger partial charge on any atom is 0.0946 e. The summed E-state index contributed by atoms with van der Waals surface area (Å²) in [4.78, 5) is 4.35. The number of nitrogens with zero attached hydrogens (tertiary/aromatic N) is 2. The molecule has 2 heteroatoms. The highest BCUT2D eigenvalue weighted by Gasteiger charge is 2.23. The zero-order chi connectivity index (χ0) is 9.35. The Balaban J connectivity index is 2.85. The fourth-order valence-corrected chi connectivity index (χ4v) is 1.10. The van der Waals surface area contributed by atoms with Gasteiger partial charge in [-0.2, -0.15) is 0 Å². The largest absolute Gasteiger partial charge is 0.340 e. The molecule has 0 radical (unpaired) electrons. The van der Waals surface area contributed by atoms with Crippen molar-refractivity contribution < 1.29 is 0 Å². The lowest BCUT2D eigenvalue weighted by molar-refractivity contribution is 0.334. The molecule has 0 bridgehead atoms. The molecule has 0 aliphatic carbocycles. The topological polar surface area (TPSA) is 17.8 Å². The molecule has 1 atom stereocenters. The molecule has 0 saturated heterocycles. The zero-order valence-corrected chi connectivity index (χ0v) is 8.63. The van der Waals surface area contributed by atoms with Gasteiger partial charge in [0, 0.05) is 19.2 Å². The van der Waals surface area contributed by atoms with Crippen molar-refractivity contribution in [3.63, 3.8) is 0 Å². The van der Waals surface area contributed by atoms with Crippen molar-refractivity contribution in [2.45, 2.75) is 33.6 Å². The van der Waals surface area contributed by atoms with Crippen LogP contribution in [0.1, 0.15) is 39.3 Å². The summed E-state index contributed by atoms with van der Waals surface area (Å²) in [5, 5.41) is 0. The number of aromatic nitrogens is 2. The molecule has 0 aliphatic heterocycles. The molecular weight excluding hydrogens is 148 g/mol. The van der Waals surface area contributed by atoms with Crippen LogP contribution in [0.5, 0.6) is 0 Å². The van der Waals surface area contributed by atoms with Crippen LogP contribution < -0.4 is 0 Å². The fourth-order valence-electron chi connectivity index (χ4n) is 1.10. The highest BCUT2D eigenvalue weighted by molar-refractivity contribution is 5.06. The molecule has 0 N–H and O–H groups in total. The van der Waals surface area contributed by atoms with Gasteiger partial charge in [-0.3, -0.25) is 0 Å². The van der Waals surface area contributed by atoms with Gasteiger partial charge in [0.1, 0.15) is 0 Å². The summed E-state index contributed by atoms with van der Waals surface area (Å²) in [6.07, 6.45) is 3.95. The summed E-state index contributed by atoms with van der Waals surface area (Å²) in [5.41, 5.74) is 1.49. The molecule has 1 aromatic heterocycles. The van der Waals surface area contributed by atoms with Crippen LogP contribution in [-0.4, -0.2) is 9.55 Å². The van der Waals surface area contributed by atoms with Crippen molar-refractivity contribution in [3.8, 4) is 0 Å². The van der Waals surface area contributed by atoms with Gasteiger partial charge in [0.2, 0.25) is 0 Å². The van der Waals surface area contributed by atoms with Crippen molar-refractivity contribution in [1.82, 2.24) is 9.55 Å². The highest BCUT2D eigenvalue weighted by Crippen LogP contribution is 2.32. The number of aryl methyl sites for hydroxylation is 1. The molecule has 0 aliphatic rings. The summed E-state index contributed by atoms with van der Waals surface area (Å²) in [6, 6.07) is 0. The molecule has 0 aromatic carbocycles. The normalized spacial score (nSPS) is 14.8. The Hall–Kier alpha value is -0.790. The SMILES string of the molecule is CC(c1cn(C)cn1)C(C)(C)C. The van der Waals surface area contributed by atoms with Gasteiger partial charge in [0.25, 0.3) is 0 Å². The maximum atomic E-state index is 4.35. The molecule has 0 saturated carbocycles. The second-order valence-electron chi connectivity index (χ2n) is 4.55. The predicted octanol–water partition coefficient (Wildman–Crippen LogP) is 2.57. The predicted molar refractivity (Wildman–Crippen MR) is 51.1 cm³/mol. The molecule has 1 unspecified atom stereocenters. The Labute approximate surface area is 74.6 Å². The van der Waals surface area contributed by atoms with Gasteiger partial charge in [0.05, 0.1) is 12.0 Å². The van der Waals surface area contributed by atoms with Crippen LogP contribution in [0.15, 0.2) is 12.5 Å². The molecule has 12 heavy (non-hydrogen) atoms. The molecule has 1 aromatic rings. The Morgan fingerprint density at radius 1 is 1.42 bits per heavy atom. The van der Waals surface area contributed by atoms with Crippen molar-refractivity contribution >= 4 is 0 Å². The van der Waals surface area contributed by atoms with Crippen molar-refractivity contribution in [1.29, 1.82) is 0 Å². The first-order chi connectivity index (χ1) is 5.41. The van der Waals surface area contributed by atoms with Gasteiger partial charge < -0.3 is 4.57 Å². The standard InChI is InChI=1S/C10H18N2/c1-8(10(2,3)4)9-6-12(5)7-11-9/h6-8H,1-5H3. The first-order valence-corrected chi connectivity index (χ1v) is 4.39. The maximum absolute atomic E-state index is 4.35. The molecule has 0 amide bonds. The van der Waals surface area contributed by atoms with Gasteiger partial charge in [-0.15, -0.1) is 0 Å². The second-order valence-corrected chi connectivity index (χ2v) is 4.55. The van der Waals surface area contributed by atoms with E-state index in [2.05, 4.69) is 38.9 Å². The minimum atomic E-state index is 0.300. The number of imidazole rings is 1. The Morgan fingerprint density at radius 2 is 2.00 bits per heavy atom. The third kappa shape index (κ3) is 1.87. The number of hydrogen-bond acceptors (Lipinski definition) is 1. The minimum Gasteiger partial charge on any atom is -0.340 e. The lowest BCUT2D eigenvalue weighted by Crippen LogP contribution is -2.15. The van der Waals surface area contributed by atoms with E-state index in [0.29, 0.717) is 11.3 Å². The van der Waals surface area contributed by atoms with E-state index in [1.54, 1.807) is 0 Å². The summed E-state index contributed by atoms with van der Waals surface area (Å²) >= 11 is 0. The van der Waals surface area contributed by atoms with Crippen molar-refractivity contribution in [2.75, 3.05) is 0 Å². The van der Waals surface area contributed by atoms with Crippen LogP contribution >= 0.6 is 0 Å². The molecule has 0 fully saturated rings. The molecule has 68 valence electrons. The summed E-state index contributed by atoms with van der Waals surface area (Å²) in [5.74, 6) is 0.513. The Kier molecular flexibility index (Phi) is 2.27. The molecule has 0 spiro atoms. The summed E-state index contributed by atoms with van der Waals surface area (Å²) < 4.78 is 2.00. The quantitative estimate of drug-likeness (QED) is 0.627. The van der Waals surface area contributed by atoms with Crippen LogP contribution in [-0.2, 0) is 7.05 Å². The van der Waals surface area contributed by atoms with Gasteiger partial charge in [-0.1, -0.05) is 27.7 Å². The number of hydrogen-bond donors (Lipinski definition) is 0. The van der Waals surface area contributed by atoms with E-state index in [-0.39, 0.29) is 0 Å². The molecule has 2 nitrogen and oxygen atoms in total. The number of rotatable bonds is 1. The fraction of sp³-hybridized carbons (Fsp3) is 0.700. The third-order valence-electron chi connectivity index (χ3n) is 2.47. The summed E-state index contributed by atoms with van der Waals surface area (Å²) in [6.45, 7) is 8.95. The molecule has 1 rings (SSSR count). The van der Waals surface area contributed by atoms with Gasteiger partial charge in [0.15, 0.2) is 0 Å². The van der Waals surface area contributed by atoms with Crippen molar-refractivity contribution in [3.05, 3.63) is 18.2 Å². The van der Waals surface area contributed by atoms with E-state index in [9.17, 15) is 0 Å². The van der Waals surface area contributed by atoms with E-state index in [0.717, 1.165) is 0 Å². The molecule has 1 heterocycles. The second kappa shape index (κ2) is 2.92. The van der Waals surface area contributed by atoms with E-state index in [1.807, 2.05) is 17.9 Å². The minimum absolute atomic E-state index is 0.300. The van der Waals surface area contributed by atoms with Crippen LogP contribution in [0.2, 0.25) is 0 Å². The average Bonchev–Trinajstić information content (AvgIpc) is 2.32. The average molecular weight is 166 g/mol. The monoisotopic (exact) mass is 166 g/mol. The van der Waals surface area contributed by atoms with Crippen molar-refractivity contribution in [2.24, 2.45) is 12.5 Å². The van der Waals surface area contributed by atoms with Gasteiger partial charge >= 0.3 is 0 Å². The van der Waals surface area contributed by atoms with E-state index in [1.165, 1.54) is 5.69 Å². The van der Waals surface area contributed by atoms with Crippen LogP contribution in [0.3, 0.4) is 0 Å². The van der Waals surface area contributed by atoms with Gasteiger partial charge in [-0.25, -0.2) is 4.98 Å². The summed E-state index contributed by atoms with van der Waals surface area (Å²) in [7, 11) is 2.01. The highest BCUT2D eigenvalue weighted by atomic mass is 15.0.